The van der Waals surface area contributed by atoms with Crippen LogP contribution < -0.4 is 14.2 Å². The van der Waals surface area contributed by atoms with Crippen LogP contribution in [0.5, 0.6) is 17.2 Å². The van der Waals surface area contributed by atoms with Gasteiger partial charge in [0.2, 0.25) is 5.75 Å². The summed E-state index contributed by atoms with van der Waals surface area (Å²) in [6.45, 7) is 10.1. The van der Waals surface area contributed by atoms with E-state index >= 15 is 0 Å². The largest absolute Gasteiger partial charge is 0.490 e. The molecule has 3 rings (SSSR count). The van der Waals surface area contributed by atoms with Crippen molar-refractivity contribution in [2.45, 2.75) is 53.4 Å². The molecule has 140 valence electrons. The van der Waals surface area contributed by atoms with Crippen LogP contribution in [0.15, 0.2) is 24.3 Å². The Labute approximate surface area is 157 Å². The Kier molecular flexibility index (Phi) is 6.08. The van der Waals surface area contributed by atoms with Gasteiger partial charge in [-0.2, -0.15) is 0 Å². The number of rotatable bonds is 9. The monoisotopic (exact) mass is 354 g/mol. The van der Waals surface area contributed by atoms with Crippen LogP contribution >= 0.6 is 0 Å². The number of hydrogen-bond acceptors (Lipinski definition) is 3. The normalized spacial score (nSPS) is 11.8. The quantitative estimate of drug-likeness (QED) is 0.486. The molecule has 0 amide bonds. The third kappa shape index (κ3) is 3.27. The third-order valence-corrected chi connectivity index (χ3v) is 4.86. The molecule has 2 aromatic rings. The number of fused-ring (bicyclic) bond motifs is 3. The molecule has 0 saturated carbocycles. The van der Waals surface area contributed by atoms with Crippen LogP contribution in [0, 0.1) is 0 Å². The van der Waals surface area contributed by atoms with Crippen molar-refractivity contribution in [3.8, 4) is 28.4 Å². The van der Waals surface area contributed by atoms with Crippen molar-refractivity contribution < 1.29 is 14.2 Å². The van der Waals surface area contributed by atoms with Crippen LogP contribution in [0.3, 0.4) is 0 Å². The summed E-state index contributed by atoms with van der Waals surface area (Å²) in [5.41, 5.74) is 6.52. The molecule has 0 saturated heterocycles. The van der Waals surface area contributed by atoms with Crippen molar-refractivity contribution in [1.82, 2.24) is 0 Å². The second-order valence-electron chi connectivity index (χ2n) is 6.56. The van der Waals surface area contributed by atoms with Crippen LogP contribution in [-0.2, 0) is 12.8 Å². The Bertz CT molecular complexity index is 765. The first-order valence-corrected chi connectivity index (χ1v) is 9.94. The summed E-state index contributed by atoms with van der Waals surface area (Å²) in [6, 6.07) is 8.68. The zero-order chi connectivity index (χ0) is 18.5. The zero-order valence-corrected chi connectivity index (χ0v) is 16.5. The first kappa shape index (κ1) is 18.6. The number of unbranched alkanes of at least 4 members (excludes halogenated alkanes) is 1. The minimum atomic E-state index is 0.596. The van der Waals surface area contributed by atoms with Crippen LogP contribution in [0.2, 0.25) is 0 Å². The van der Waals surface area contributed by atoms with E-state index in [0.717, 1.165) is 42.9 Å². The van der Waals surface area contributed by atoms with Crippen molar-refractivity contribution in [3.63, 3.8) is 0 Å². The molecule has 1 aliphatic rings. The molecule has 0 bridgehead atoms. The number of hydrogen-bond donors (Lipinski definition) is 0. The summed E-state index contributed by atoms with van der Waals surface area (Å²) in [7, 11) is 0. The lowest BCUT2D eigenvalue weighted by Gasteiger charge is -2.23. The number of benzene rings is 2. The van der Waals surface area contributed by atoms with Crippen molar-refractivity contribution in [3.05, 3.63) is 41.0 Å². The van der Waals surface area contributed by atoms with E-state index < -0.39 is 0 Å². The molecule has 0 aromatic heterocycles. The molecule has 3 nitrogen and oxygen atoms in total. The van der Waals surface area contributed by atoms with Gasteiger partial charge < -0.3 is 14.2 Å². The maximum atomic E-state index is 6.14. The van der Waals surface area contributed by atoms with Crippen LogP contribution in [0.25, 0.3) is 11.1 Å². The molecule has 0 spiro atoms. The summed E-state index contributed by atoms with van der Waals surface area (Å²) < 4.78 is 18.3. The first-order chi connectivity index (χ1) is 12.8. The van der Waals surface area contributed by atoms with Crippen LogP contribution in [0.1, 0.15) is 57.2 Å². The van der Waals surface area contributed by atoms with E-state index in [2.05, 4.69) is 31.2 Å². The molecule has 2 aromatic carbocycles. The highest BCUT2D eigenvalue weighted by Crippen LogP contribution is 2.53. The molecule has 0 atom stereocenters. The van der Waals surface area contributed by atoms with Crippen molar-refractivity contribution in [2.75, 3.05) is 19.8 Å². The lowest BCUT2D eigenvalue weighted by atomic mass is 9.93. The van der Waals surface area contributed by atoms with Gasteiger partial charge in [0.15, 0.2) is 11.5 Å². The molecule has 0 aliphatic heterocycles. The molecule has 26 heavy (non-hydrogen) atoms. The molecular weight excluding hydrogens is 324 g/mol. The lowest BCUT2D eigenvalue weighted by molar-refractivity contribution is 0.258. The highest BCUT2D eigenvalue weighted by molar-refractivity contribution is 5.86. The van der Waals surface area contributed by atoms with Gasteiger partial charge in [-0.15, -0.1) is 0 Å². The topological polar surface area (TPSA) is 27.7 Å². The minimum Gasteiger partial charge on any atom is -0.490 e. The molecule has 0 unspecified atom stereocenters. The minimum absolute atomic E-state index is 0.596. The van der Waals surface area contributed by atoms with Gasteiger partial charge in [0.25, 0.3) is 0 Å². The summed E-state index contributed by atoms with van der Waals surface area (Å²) in [5, 5.41) is 0. The molecule has 3 heteroatoms. The predicted molar refractivity (Wildman–Crippen MR) is 107 cm³/mol. The molecule has 0 heterocycles. The van der Waals surface area contributed by atoms with E-state index in [9.17, 15) is 0 Å². The molecule has 0 N–H and O–H groups in total. The van der Waals surface area contributed by atoms with E-state index in [1.165, 1.54) is 27.8 Å². The van der Waals surface area contributed by atoms with Crippen LogP contribution in [0.4, 0.5) is 0 Å². The molecule has 0 radical (unpaired) electrons. The third-order valence-electron chi connectivity index (χ3n) is 4.86. The van der Waals surface area contributed by atoms with Gasteiger partial charge in [-0.25, -0.2) is 0 Å². The highest BCUT2D eigenvalue weighted by Gasteiger charge is 2.32. The summed E-state index contributed by atoms with van der Waals surface area (Å²) in [6.07, 6.45) is 4.18. The number of ether oxygens (including phenoxy) is 3. The van der Waals surface area contributed by atoms with Gasteiger partial charge in [0, 0.05) is 17.5 Å². The van der Waals surface area contributed by atoms with Crippen molar-refractivity contribution in [1.29, 1.82) is 0 Å². The summed E-state index contributed by atoms with van der Waals surface area (Å²) in [5.74, 6) is 2.53. The van der Waals surface area contributed by atoms with E-state index in [1.807, 2.05) is 20.8 Å². The maximum absolute atomic E-state index is 6.14. The second kappa shape index (κ2) is 8.48. The first-order valence-electron chi connectivity index (χ1n) is 9.94. The SMILES string of the molecule is CCCCc1c(OCC)c(OCC)c(OCC)c2c1-c1ccccc1C2. The van der Waals surface area contributed by atoms with Gasteiger partial charge in [0.05, 0.1) is 19.8 Å². The zero-order valence-electron chi connectivity index (χ0n) is 16.5. The van der Waals surface area contributed by atoms with Gasteiger partial charge in [-0.05, 0) is 50.3 Å². The van der Waals surface area contributed by atoms with Gasteiger partial charge >= 0.3 is 0 Å². The average molecular weight is 354 g/mol. The van der Waals surface area contributed by atoms with E-state index in [4.69, 9.17) is 14.2 Å². The van der Waals surface area contributed by atoms with E-state index in [1.54, 1.807) is 0 Å². The fourth-order valence-electron chi connectivity index (χ4n) is 3.85. The van der Waals surface area contributed by atoms with Crippen molar-refractivity contribution >= 4 is 0 Å². The predicted octanol–water partition coefficient (Wildman–Crippen LogP) is 5.80. The Hall–Kier alpha value is -2.16. The maximum Gasteiger partial charge on any atom is 0.204 e. The Morgan fingerprint density at radius 2 is 1.46 bits per heavy atom. The molecular formula is C23H30O3. The van der Waals surface area contributed by atoms with Gasteiger partial charge in [-0.3, -0.25) is 0 Å². The average Bonchev–Trinajstić information content (AvgIpc) is 3.03. The van der Waals surface area contributed by atoms with E-state index in [0.29, 0.717) is 19.8 Å². The van der Waals surface area contributed by atoms with E-state index in [-0.39, 0.29) is 0 Å². The second-order valence-corrected chi connectivity index (χ2v) is 6.56. The Balaban J connectivity index is 2.30. The fraction of sp³-hybridized carbons (Fsp3) is 0.478. The smallest absolute Gasteiger partial charge is 0.204 e. The Morgan fingerprint density at radius 3 is 2.15 bits per heavy atom. The van der Waals surface area contributed by atoms with Crippen molar-refractivity contribution in [2.24, 2.45) is 0 Å². The molecule has 0 fully saturated rings. The lowest BCUT2D eigenvalue weighted by Crippen LogP contribution is -2.08. The van der Waals surface area contributed by atoms with Crippen LogP contribution in [-0.4, -0.2) is 19.8 Å². The summed E-state index contributed by atoms with van der Waals surface area (Å²) in [4.78, 5) is 0. The Morgan fingerprint density at radius 1 is 0.808 bits per heavy atom. The molecule has 1 aliphatic carbocycles. The fourth-order valence-corrected chi connectivity index (χ4v) is 3.85. The van der Waals surface area contributed by atoms with Gasteiger partial charge in [0.1, 0.15) is 0 Å². The summed E-state index contributed by atoms with van der Waals surface area (Å²) >= 11 is 0. The highest BCUT2D eigenvalue weighted by atomic mass is 16.5. The van der Waals surface area contributed by atoms with Gasteiger partial charge in [-0.1, -0.05) is 37.6 Å². The standard InChI is InChI=1S/C23H30O3/c1-5-9-13-18-20-17-14-11-10-12-16(17)15-19(20)22(25-7-3)23(26-8-4)21(18)24-6-2/h10-12,14H,5-9,13,15H2,1-4H3.